The molecule has 0 radical (unpaired) electrons. The van der Waals surface area contributed by atoms with Gasteiger partial charge in [-0.15, -0.1) is 0 Å². The number of aryl methyl sites for hydroxylation is 2. The van der Waals surface area contributed by atoms with Crippen LogP contribution in [0.3, 0.4) is 0 Å². The Bertz CT molecular complexity index is 1620. The van der Waals surface area contributed by atoms with Crippen LogP contribution in [0.15, 0.2) is 24.3 Å². The molecule has 0 aliphatic carbocycles. The predicted molar refractivity (Wildman–Crippen MR) is 222 cm³/mol. The first kappa shape index (κ1) is 45.3. The second-order valence-electron chi connectivity index (χ2n) is 21.3. The summed E-state index contributed by atoms with van der Waals surface area (Å²) in [6.07, 6.45) is 2.62. The zero-order valence-corrected chi connectivity index (χ0v) is 37.1. The van der Waals surface area contributed by atoms with Gasteiger partial charge in [0.25, 0.3) is 0 Å². The van der Waals surface area contributed by atoms with Gasteiger partial charge in [-0.25, -0.2) is 0 Å². The van der Waals surface area contributed by atoms with Crippen molar-refractivity contribution in [1.29, 1.82) is 0 Å². The van der Waals surface area contributed by atoms with Crippen LogP contribution in [0.2, 0.25) is 0 Å². The number of hydrogen-bond donors (Lipinski definition) is 2. The zero-order chi connectivity index (χ0) is 41.4. The molecule has 304 valence electrons. The highest BCUT2D eigenvalue weighted by atomic mass is 16.5. The summed E-state index contributed by atoms with van der Waals surface area (Å²) in [5.41, 5.74) is 4.31. The summed E-state index contributed by atoms with van der Waals surface area (Å²) in [7, 11) is 0. The van der Waals surface area contributed by atoms with E-state index < -0.39 is 0 Å². The van der Waals surface area contributed by atoms with Crippen molar-refractivity contribution in [3.63, 3.8) is 0 Å². The maximum atomic E-state index is 13.3. The molecular formula is C47H75NO6. The molecule has 7 nitrogen and oxygen atoms in total. The molecule has 1 saturated heterocycles. The highest BCUT2D eigenvalue weighted by molar-refractivity contribution is 5.71. The number of hydrogen-bond acceptors (Lipinski definition) is 7. The van der Waals surface area contributed by atoms with Crippen molar-refractivity contribution in [2.75, 3.05) is 6.54 Å². The van der Waals surface area contributed by atoms with Crippen molar-refractivity contribution < 1.29 is 29.3 Å². The van der Waals surface area contributed by atoms with Crippen molar-refractivity contribution in [2.45, 2.75) is 208 Å². The van der Waals surface area contributed by atoms with Gasteiger partial charge in [0.2, 0.25) is 0 Å². The quantitative estimate of drug-likeness (QED) is 0.221. The lowest BCUT2D eigenvalue weighted by Gasteiger charge is -2.55. The van der Waals surface area contributed by atoms with Gasteiger partial charge >= 0.3 is 11.9 Å². The number of piperidine rings is 1. The Hall–Kier alpha value is -3.06. The number of phenolic OH excluding ortho intramolecular Hbond substituents is 2. The van der Waals surface area contributed by atoms with E-state index in [0.29, 0.717) is 38.6 Å². The summed E-state index contributed by atoms with van der Waals surface area (Å²) < 4.78 is 12.3. The zero-order valence-electron chi connectivity index (χ0n) is 37.1. The topological polar surface area (TPSA) is 96.3 Å². The average molecular weight is 750 g/mol. The van der Waals surface area contributed by atoms with Crippen molar-refractivity contribution in [2.24, 2.45) is 0 Å². The van der Waals surface area contributed by atoms with Crippen LogP contribution in [0.1, 0.15) is 183 Å². The predicted octanol–water partition coefficient (Wildman–Crippen LogP) is 10.7. The van der Waals surface area contributed by atoms with Gasteiger partial charge < -0.3 is 19.7 Å². The first-order valence-corrected chi connectivity index (χ1v) is 20.3. The van der Waals surface area contributed by atoms with E-state index in [1.807, 2.05) is 19.1 Å². The van der Waals surface area contributed by atoms with Gasteiger partial charge in [-0.2, -0.15) is 0 Å². The van der Waals surface area contributed by atoms with E-state index in [1.165, 1.54) is 0 Å². The van der Waals surface area contributed by atoms with Crippen LogP contribution in [0.5, 0.6) is 11.5 Å². The van der Waals surface area contributed by atoms with Gasteiger partial charge in [0.05, 0.1) is 0 Å². The minimum absolute atomic E-state index is 0.0949. The Morgan fingerprint density at radius 1 is 0.685 bits per heavy atom. The number of carbonyl (C=O) groups is 2. The summed E-state index contributed by atoms with van der Waals surface area (Å²) in [4.78, 5) is 29.1. The third kappa shape index (κ3) is 11.5. The first-order valence-electron chi connectivity index (χ1n) is 20.3. The molecule has 0 spiro atoms. The number of rotatable bonds is 11. The van der Waals surface area contributed by atoms with E-state index in [-0.39, 0.29) is 81.2 Å². The molecule has 1 unspecified atom stereocenters. The Kier molecular flexibility index (Phi) is 13.6. The normalized spacial score (nSPS) is 17.6. The van der Waals surface area contributed by atoms with Gasteiger partial charge in [0.15, 0.2) is 0 Å². The van der Waals surface area contributed by atoms with Gasteiger partial charge in [-0.1, -0.05) is 114 Å². The van der Waals surface area contributed by atoms with Crippen LogP contribution in [-0.4, -0.2) is 56.9 Å². The van der Waals surface area contributed by atoms with Crippen LogP contribution in [0.4, 0.5) is 0 Å². The number of ether oxygens (including phenoxy) is 2. The SMILES string of the molecule is CCC(CN1C(C)(C)CC(OC(=O)CCc2cc(C(C)(C)C)cc(C(C)(C)C)c2O)CC1(C)C)OC(=O)CCc1cc(C(C)(C)C)cc(C(C)(C)C)c1O. The summed E-state index contributed by atoms with van der Waals surface area (Å²) in [6, 6.07) is 8.27. The lowest BCUT2D eigenvalue weighted by Crippen LogP contribution is -2.64. The number of aromatic hydroxyl groups is 2. The maximum Gasteiger partial charge on any atom is 0.306 e. The number of carbonyl (C=O) groups excluding carboxylic acids is 2. The molecule has 1 fully saturated rings. The molecule has 2 aromatic rings. The first-order chi connectivity index (χ1) is 24.4. The summed E-state index contributed by atoms with van der Waals surface area (Å²) >= 11 is 0. The fourth-order valence-electron chi connectivity index (χ4n) is 8.00. The Morgan fingerprint density at radius 3 is 1.43 bits per heavy atom. The summed E-state index contributed by atoms with van der Waals surface area (Å²) in [6.45, 7) is 36.8. The minimum atomic E-state index is -0.323. The third-order valence-corrected chi connectivity index (χ3v) is 11.3. The molecule has 2 aromatic carbocycles. The average Bonchev–Trinajstić information content (AvgIpc) is 2.98. The number of esters is 2. The largest absolute Gasteiger partial charge is 0.507 e. The van der Waals surface area contributed by atoms with Crippen LogP contribution < -0.4 is 0 Å². The van der Waals surface area contributed by atoms with Crippen molar-refractivity contribution in [3.8, 4) is 11.5 Å². The molecule has 1 heterocycles. The van der Waals surface area contributed by atoms with E-state index in [9.17, 15) is 19.8 Å². The van der Waals surface area contributed by atoms with Gasteiger partial charge in [-0.3, -0.25) is 14.5 Å². The van der Waals surface area contributed by atoms with Gasteiger partial charge in [0.1, 0.15) is 23.7 Å². The van der Waals surface area contributed by atoms with E-state index in [4.69, 9.17) is 9.47 Å². The number of phenols is 2. The van der Waals surface area contributed by atoms with Crippen molar-refractivity contribution >= 4 is 11.9 Å². The second-order valence-corrected chi connectivity index (χ2v) is 21.3. The molecule has 1 aliphatic heterocycles. The van der Waals surface area contributed by atoms with Gasteiger partial charge in [-0.05, 0) is 102 Å². The third-order valence-electron chi connectivity index (χ3n) is 11.3. The van der Waals surface area contributed by atoms with Gasteiger partial charge in [0, 0.05) is 43.3 Å². The van der Waals surface area contributed by atoms with E-state index >= 15 is 0 Å². The maximum absolute atomic E-state index is 13.3. The van der Waals surface area contributed by atoms with Crippen LogP contribution in [0, 0.1) is 0 Å². The lowest BCUT2D eigenvalue weighted by atomic mass is 9.77. The minimum Gasteiger partial charge on any atom is -0.507 e. The fourth-order valence-corrected chi connectivity index (χ4v) is 8.00. The van der Waals surface area contributed by atoms with E-state index in [2.05, 4.69) is 128 Å². The summed E-state index contributed by atoms with van der Waals surface area (Å²) in [5.74, 6) is 0.0115. The Morgan fingerprint density at radius 2 is 1.07 bits per heavy atom. The van der Waals surface area contributed by atoms with E-state index in [1.54, 1.807) is 0 Å². The molecule has 0 saturated carbocycles. The Labute approximate surface area is 328 Å². The lowest BCUT2D eigenvalue weighted by molar-refractivity contribution is -0.167. The molecule has 0 aromatic heterocycles. The van der Waals surface area contributed by atoms with Crippen molar-refractivity contribution in [1.82, 2.24) is 4.90 Å². The standard InChI is InChI=1S/C47H75NO6/c1-18-34(53-38(49)21-19-30-23-32(42(2,3)4)25-36(40(30)51)44(8,9)10)29-48-46(14,15)27-35(28-47(48,16)17)54-39(50)22-20-31-24-33(43(5,6)7)26-37(41(31)52)45(11,12)13/h23-26,34-35,51-52H,18-22,27-29H2,1-17H3. The number of likely N-dealkylation sites (tertiary alicyclic amines) is 1. The smallest absolute Gasteiger partial charge is 0.306 e. The monoisotopic (exact) mass is 750 g/mol. The molecule has 0 bridgehead atoms. The summed E-state index contributed by atoms with van der Waals surface area (Å²) in [5, 5.41) is 22.5. The fraction of sp³-hybridized carbons (Fsp3) is 0.702. The van der Waals surface area contributed by atoms with E-state index in [0.717, 1.165) is 33.4 Å². The molecule has 1 aliphatic rings. The molecule has 3 rings (SSSR count). The highest BCUT2D eigenvalue weighted by Crippen LogP contribution is 2.42. The van der Waals surface area contributed by atoms with Crippen LogP contribution >= 0.6 is 0 Å². The Balaban J connectivity index is 1.67. The molecule has 2 N–H and O–H groups in total. The second kappa shape index (κ2) is 16.2. The molecule has 54 heavy (non-hydrogen) atoms. The van der Waals surface area contributed by atoms with Crippen LogP contribution in [0.25, 0.3) is 0 Å². The van der Waals surface area contributed by atoms with Crippen molar-refractivity contribution in [3.05, 3.63) is 57.6 Å². The molecule has 1 atom stereocenters. The highest BCUT2D eigenvalue weighted by Gasteiger charge is 2.47. The molecule has 0 amide bonds. The number of nitrogens with zero attached hydrogens (tertiary/aromatic N) is 1. The number of benzene rings is 2. The molecular weight excluding hydrogens is 675 g/mol. The van der Waals surface area contributed by atoms with Crippen LogP contribution in [-0.2, 0) is 53.6 Å². The molecule has 7 heteroatoms.